The predicted octanol–water partition coefficient (Wildman–Crippen LogP) is 5.42. The van der Waals surface area contributed by atoms with Crippen molar-refractivity contribution in [2.75, 3.05) is 6.61 Å². The van der Waals surface area contributed by atoms with Crippen LogP contribution in [0.3, 0.4) is 0 Å². The Bertz CT molecular complexity index is 725. The molecule has 0 aliphatic heterocycles. The molecular formula is C21H26IO3P. The van der Waals surface area contributed by atoms with E-state index in [9.17, 15) is 10.2 Å². The molecule has 5 heteroatoms. The van der Waals surface area contributed by atoms with Gasteiger partial charge in [0.05, 0.1) is 11.9 Å². The van der Waals surface area contributed by atoms with E-state index >= 15 is 0 Å². The first-order chi connectivity index (χ1) is 12.5. The second-order valence-electron chi connectivity index (χ2n) is 7.03. The molecule has 1 fully saturated rings. The number of aromatic hydroxyl groups is 2. The van der Waals surface area contributed by atoms with Crippen LogP contribution in [0.5, 0.6) is 17.2 Å². The van der Waals surface area contributed by atoms with Gasteiger partial charge in [-0.15, -0.1) is 0 Å². The Balaban J connectivity index is 1.50. The monoisotopic (exact) mass is 484 g/mol. The zero-order valence-corrected chi connectivity index (χ0v) is 18.1. The van der Waals surface area contributed by atoms with Gasteiger partial charge in [0.1, 0.15) is 17.2 Å². The summed E-state index contributed by atoms with van der Waals surface area (Å²) in [5.41, 5.74) is 1.60. The summed E-state index contributed by atoms with van der Waals surface area (Å²) in [5, 5.41) is 20.3. The Morgan fingerprint density at radius 1 is 1.00 bits per heavy atom. The van der Waals surface area contributed by atoms with Gasteiger partial charge in [0, 0.05) is 9.49 Å². The molecule has 0 amide bonds. The lowest BCUT2D eigenvalue weighted by atomic mass is 9.86. The maximum atomic E-state index is 10.2. The molecule has 0 spiro atoms. The zero-order chi connectivity index (χ0) is 18.5. The van der Waals surface area contributed by atoms with Crippen LogP contribution in [0.15, 0.2) is 36.4 Å². The lowest BCUT2D eigenvalue weighted by Crippen LogP contribution is -2.14. The molecule has 0 radical (unpaired) electrons. The molecular weight excluding hydrogens is 458 g/mol. The molecule has 0 heterocycles. The number of benzene rings is 2. The minimum absolute atomic E-state index is 0.0724. The van der Waals surface area contributed by atoms with Crippen LogP contribution >= 0.6 is 31.8 Å². The highest BCUT2D eigenvalue weighted by Gasteiger charge is 2.18. The quantitative estimate of drug-likeness (QED) is 0.249. The highest BCUT2D eigenvalue weighted by Crippen LogP contribution is 2.33. The summed E-state index contributed by atoms with van der Waals surface area (Å²) >= 11 is 2.58. The molecule has 1 aliphatic rings. The van der Waals surface area contributed by atoms with E-state index in [4.69, 9.17) is 4.74 Å². The highest BCUT2D eigenvalue weighted by molar-refractivity contribution is 14.1. The number of alkyl halides is 1. The summed E-state index contributed by atoms with van der Waals surface area (Å²) in [5.74, 6) is 1.90. The van der Waals surface area contributed by atoms with E-state index in [0.29, 0.717) is 10.9 Å². The first kappa shape index (κ1) is 19.8. The van der Waals surface area contributed by atoms with Crippen molar-refractivity contribution in [2.45, 2.75) is 42.4 Å². The fourth-order valence-electron chi connectivity index (χ4n) is 3.53. The molecule has 1 aliphatic carbocycles. The molecule has 1 atom stereocenters. The fourth-order valence-corrected chi connectivity index (χ4v) is 4.50. The SMILES string of the molecule is Oc1ccc(-c2ccc(OCCCC3CCC(I)CC3)cc2)c(O)c1P. The van der Waals surface area contributed by atoms with Crippen LogP contribution in [0, 0.1) is 5.92 Å². The number of ether oxygens (including phenoxy) is 1. The first-order valence-electron chi connectivity index (χ1n) is 9.22. The molecule has 1 unspecified atom stereocenters. The number of rotatable bonds is 6. The van der Waals surface area contributed by atoms with E-state index in [-0.39, 0.29) is 11.5 Å². The molecule has 0 bridgehead atoms. The third kappa shape index (κ3) is 5.04. The minimum atomic E-state index is 0.0724. The predicted molar refractivity (Wildman–Crippen MR) is 119 cm³/mol. The van der Waals surface area contributed by atoms with Gasteiger partial charge in [-0.25, -0.2) is 0 Å². The van der Waals surface area contributed by atoms with Gasteiger partial charge in [-0.2, -0.15) is 0 Å². The van der Waals surface area contributed by atoms with Crippen molar-refractivity contribution >= 4 is 37.1 Å². The molecule has 2 aromatic rings. The number of hydrogen-bond donors (Lipinski definition) is 2. The second-order valence-corrected chi connectivity index (χ2v) is 9.37. The van der Waals surface area contributed by atoms with Crippen LogP contribution in [-0.2, 0) is 0 Å². The normalized spacial score (nSPS) is 20.1. The molecule has 2 N–H and O–H groups in total. The van der Waals surface area contributed by atoms with E-state index in [2.05, 4.69) is 31.8 Å². The van der Waals surface area contributed by atoms with Crippen molar-refractivity contribution in [1.82, 2.24) is 0 Å². The van der Waals surface area contributed by atoms with Gasteiger partial charge < -0.3 is 14.9 Å². The summed E-state index contributed by atoms with van der Waals surface area (Å²) in [4.78, 5) is 0. The van der Waals surface area contributed by atoms with E-state index in [1.165, 1.54) is 32.1 Å². The van der Waals surface area contributed by atoms with E-state index in [1.807, 2.05) is 24.3 Å². The fraction of sp³-hybridized carbons (Fsp3) is 0.429. The highest BCUT2D eigenvalue weighted by atomic mass is 127. The van der Waals surface area contributed by atoms with Gasteiger partial charge in [-0.1, -0.05) is 44.0 Å². The van der Waals surface area contributed by atoms with Crippen LogP contribution in [0.4, 0.5) is 0 Å². The molecule has 140 valence electrons. The lowest BCUT2D eigenvalue weighted by Gasteiger charge is -2.25. The lowest BCUT2D eigenvalue weighted by molar-refractivity contribution is 0.272. The summed E-state index contributed by atoms with van der Waals surface area (Å²) < 4.78 is 6.76. The number of phenols is 2. The third-order valence-electron chi connectivity index (χ3n) is 5.16. The Labute approximate surface area is 171 Å². The van der Waals surface area contributed by atoms with Gasteiger partial charge >= 0.3 is 0 Å². The smallest absolute Gasteiger partial charge is 0.134 e. The van der Waals surface area contributed by atoms with Crippen molar-refractivity contribution in [3.8, 4) is 28.4 Å². The number of halogens is 1. The standard InChI is InChI=1S/C21H26IO3P/c22-16-7-3-14(4-8-16)2-1-13-25-17-9-5-15(6-10-17)18-11-12-19(23)21(26)20(18)24/h5-6,9-12,14,16,23-24H,1-4,7-8,13,26H2. The van der Waals surface area contributed by atoms with Gasteiger partial charge in [0.25, 0.3) is 0 Å². The van der Waals surface area contributed by atoms with E-state index < -0.39 is 0 Å². The summed E-state index contributed by atoms with van der Waals surface area (Å²) in [7, 11) is 2.37. The molecule has 26 heavy (non-hydrogen) atoms. The Morgan fingerprint density at radius 3 is 2.38 bits per heavy atom. The maximum Gasteiger partial charge on any atom is 0.134 e. The minimum Gasteiger partial charge on any atom is -0.507 e. The topological polar surface area (TPSA) is 49.7 Å². The van der Waals surface area contributed by atoms with Crippen molar-refractivity contribution in [1.29, 1.82) is 0 Å². The van der Waals surface area contributed by atoms with Gasteiger partial charge in [-0.05, 0) is 74.3 Å². The molecule has 2 aromatic carbocycles. The average molecular weight is 484 g/mol. The van der Waals surface area contributed by atoms with Crippen molar-refractivity contribution < 1.29 is 14.9 Å². The van der Waals surface area contributed by atoms with Crippen molar-refractivity contribution in [2.24, 2.45) is 5.92 Å². The summed E-state index contributed by atoms with van der Waals surface area (Å²) in [6.07, 6.45) is 7.85. The van der Waals surface area contributed by atoms with Gasteiger partial charge in [-0.3, -0.25) is 0 Å². The van der Waals surface area contributed by atoms with Crippen LogP contribution in [0.25, 0.3) is 11.1 Å². The number of phenolic OH excluding ortho intramolecular Hbond substituents is 2. The van der Waals surface area contributed by atoms with Gasteiger partial charge in [0.15, 0.2) is 0 Å². The molecule has 1 saturated carbocycles. The van der Waals surface area contributed by atoms with Gasteiger partial charge in [0.2, 0.25) is 0 Å². The molecule has 3 rings (SSSR count). The van der Waals surface area contributed by atoms with Crippen LogP contribution in [0.1, 0.15) is 38.5 Å². The maximum absolute atomic E-state index is 10.2. The largest absolute Gasteiger partial charge is 0.507 e. The van der Waals surface area contributed by atoms with Crippen LogP contribution in [0.2, 0.25) is 0 Å². The van der Waals surface area contributed by atoms with Crippen molar-refractivity contribution in [3.05, 3.63) is 36.4 Å². The first-order valence-corrected chi connectivity index (χ1v) is 11.0. The van der Waals surface area contributed by atoms with E-state index in [0.717, 1.165) is 34.2 Å². The van der Waals surface area contributed by atoms with Crippen LogP contribution in [-0.4, -0.2) is 20.7 Å². The Morgan fingerprint density at radius 2 is 1.69 bits per heavy atom. The summed E-state index contributed by atoms with van der Waals surface area (Å²) in [6.45, 7) is 0.754. The molecule has 0 aromatic heterocycles. The molecule has 3 nitrogen and oxygen atoms in total. The summed E-state index contributed by atoms with van der Waals surface area (Å²) in [6, 6.07) is 11.1. The average Bonchev–Trinajstić information content (AvgIpc) is 2.66. The second kappa shape index (κ2) is 9.27. The zero-order valence-electron chi connectivity index (χ0n) is 14.8. The molecule has 0 saturated heterocycles. The third-order valence-corrected chi connectivity index (χ3v) is 6.98. The Hall–Kier alpha value is -1.00. The number of hydrogen-bond acceptors (Lipinski definition) is 3. The Kier molecular flexibility index (Phi) is 7.05. The van der Waals surface area contributed by atoms with E-state index in [1.54, 1.807) is 12.1 Å². The van der Waals surface area contributed by atoms with Crippen molar-refractivity contribution in [3.63, 3.8) is 0 Å². The van der Waals surface area contributed by atoms with Crippen LogP contribution < -0.4 is 10.0 Å².